The molecule has 1 N–H and O–H groups in total. The summed E-state index contributed by atoms with van der Waals surface area (Å²) in [5.74, 6) is 0. The van der Waals surface area contributed by atoms with Crippen LogP contribution in [0.25, 0.3) is 0 Å². The van der Waals surface area contributed by atoms with Crippen molar-refractivity contribution in [2.75, 3.05) is 0 Å². The molecule has 0 bridgehead atoms. The van der Waals surface area contributed by atoms with Gasteiger partial charge in [0.2, 0.25) is 0 Å². The van der Waals surface area contributed by atoms with Gasteiger partial charge in [0.1, 0.15) is 0 Å². The van der Waals surface area contributed by atoms with E-state index in [1.165, 1.54) is 5.56 Å². The van der Waals surface area contributed by atoms with Crippen LogP contribution in [0.15, 0.2) is 29.2 Å². The van der Waals surface area contributed by atoms with Crippen molar-refractivity contribution in [1.29, 1.82) is 5.26 Å². The minimum atomic E-state index is 0.000764. The van der Waals surface area contributed by atoms with Crippen LogP contribution in [0.3, 0.4) is 0 Å². The average Bonchev–Trinajstić information content (AvgIpc) is 2.26. The maximum atomic E-state index is 8.79. The lowest BCUT2D eigenvalue weighted by atomic mass is 10.1. The number of rotatable bonds is 4. The molecule has 0 aliphatic rings. The van der Waals surface area contributed by atoms with Crippen molar-refractivity contribution < 1.29 is 0 Å². The number of nitriles is 1. The van der Waals surface area contributed by atoms with Gasteiger partial charge in [-0.25, -0.2) is 0 Å². The van der Waals surface area contributed by atoms with Crippen LogP contribution in [0, 0.1) is 11.3 Å². The van der Waals surface area contributed by atoms with Crippen molar-refractivity contribution in [3.63, 3.8) is 0 Å². The molecule has 92 valence electrons. The second-order valence-corrected chi connectivity index (χ2v) is 6.55. The fraction of sp³-hybridized carbons (Fsp3) is 0.500. The molecule has 0 saturated heterocycles. The molecule has 0 fully saturated rings. The minimum Gasteiger partial charge on any atom is -0.308 e. The van der Waals surface area contributed by atoms with Crippen molar-refractivity contribution in [2.24, 2.45) is 0 Å². The molecule has 1 rings (SSSR count). The Morgan fingerprint density at radius 1 is 1.41 bits per heavy atom. The van der Waals surface area contributed by atoms with Gasteiger partial charge in [0.05, 0.1) is 11.3 Å². The van der Waals surface area contributed by atoms with E-state index in [1.807, 2.05) is 13.0 Å². The highest BCUT2D eigenvalue weighted by Gasteiger charge is 2.09. The van der Waals surface area contributed by atoms with Gasteiger partial charge in [-0.3, -0.25) is 0 Å². The highest BCUT2D eigenvalue weighted by atomic mass is 32.2. The Kier molecular flexibility index (Phi) is 5.04. The second kappa shape index (κ2) is 6.09. The maximum absolute atomic E-state index is 8.79. The lowest BCUT2D eigenvalue weighted by Gasteiger charge is -2.20. The van der Waals surface area contributed by atoms with Crippen LogP contribution in [0.1, 0.15) is 33.3 Å². The van der Waals surface area contributed by atoms with Gasteiger partial charge in [-0.15, -0.1) is 11.8 Å². The fourth-order valence-electron chi connectivity index (χ4n) is 1.33. The third-order valence-corrected chi connectivity index (χ3v) is 3.20. The Morgan fingerprint density at radius 3 is 2.71 bits per heavy atom. The number of hydrogen-bond donors (Lipinski definition) is 1. The number of thioether (sulfide) groups is 1. The first-order valence-electron chi connectivity index (χ1n) is 5.81. The summed E-state index contributed by atoms with van der Waals surface area (Å²) in [5, 5.41) is 12.3. The quantitative estimate of drug-likeness (QED) is 0.827. The summed E-state index contributed by atoms with van der Waals surface area (Å²) >= 11 is 1.60. The van der Waals surface area contributed by atoms with E-state index < -0.39 is 0 Å². The fourth-order valence-corrected chi connectivity index (χ4v) is 2.16. The largest absolute Gasteiger partial charge is 0.308 e. The normalized spacial score (nSPS) is 13.1. The van der Waals surface area contributed by atoms with E-state index in [2.05, 4.69) is 50.4 Å². The molecular formula is C14H20N2S. The first-order valence-corrected chi connectivity index (χ1v) is 6.69. The molecule has 17 heavy (non-hydrogen) atoms. The second-order valence-electron chi connectivity index (χ2n) is 5.14. The molecule has 0 heterocycles. The standard InChI is InChI=1S/C14H20N2S/c1-11(9-15)17-13-7-5-6-12(8-13)10-16-14(2,3)4/h5-8,11,16H,10H2,1-4H3. The van der Waals surface area contributed by atoms with Crippen molar-refractivity contribution >= 4 is 11.8 Å². The molecule has 0 aliphatic carbocycles. The molecule has 1 aromatic carbocycles. The maximum Gasteiger partial charge on any atom is 0.0935 e. The van der Waals surface area contributed by atoms with Crippen LogP contribution >= 0.6 is 11.8 Å². The molecule has 2 nitrogen and oxygen atoms in total. The molecule has 1 aromatic rings. The van der Waals surface area contributed by atoms with E-state index in [0.29, 0.717) is 0 Å². The predicted molar refractivity (Wildman–Crippen MR) is 74.0 cm³/mol. The Bertz CT molecular complexity index is 401. The Labute approximate surface area is 108 Å². The van der Waals surface area contributed by atoms with Crippen LogP contribution in [-0.4, -0.2) is 10.8 Å². The number of nitrogens with zero attached hydrogens (tertiary/aromatic N) is 1. The summed E-state index contributed by atoms with van der Waals surface area (Å²) in [6.45, 7) is 9.25. The van der Waals surface area contributed by atoms with Gasteiger partial charge in [-0.1, -0.05) is 12.1 Å². The SMILES string of the molecule is CC(C#N)Sc1cccc(CNC(C)(C)C)c1. The monoisotopic (exact) mass is 248 g/mol. The Morgan fingerprint density at radius 2 is 2.12 bits per heavy atom. The van der Waals surface area contributed by atoms with E-state index >= 15 is 0 Å². The highest BCUT2D eigenvalue weighted by molar-refractivity contribution is 8.00. The molecule has 0 radical (unpaired) electrons. The zero-order valence-corrected chi connectivity index (χ0v) is 11.8. The van der Waals surface area contributed by atoms with Gasteiger partial charge in [-0.05, 0) is 45.4 Å². The van der Waals surface area contributed by atoms with E-state index in [9.17, 15) is 0 Å². The van der Waals surface area contributed by atoms with Crippen molar-refractivity contribution in [1.82, 2.24) is 5.32 Å². The number of benzene rings is 1. The van der Waals surface area contributed by atoms with Crippen molar-refractivity contribution in [3.05, 3.63) is 29.8 Å². The summed E-state index contributed by atoms with van der Waals surface area (Å²) in [7, 11) is 0. The highest BCUT2D eigenvalue weighted by Crippen LogP contribution is 2.23. The lowest BCUT2D eigenvalue weighted by Crippen LogP contribution is -2.35. The van der Waals surface area contributed by atoms with Crippen molar-refractivity contribution in [3.8, 4) is 6.07 Å². The molecule has 0 aromatic heterocycles. The van der Waals surface area contributed by atoms with Gasteiger partial charge in [0, 0.05) is 17.0 Å². The summed E-state index contributed by atoms with van der Waals surface area (Å²) in [4.78, 5) is 1.16. The molecule has 0 saturated carbocycles. The average molecular weight is 248 g/mol. The van der Waals surface area contributed by atoms with Gasteiger partial charge in [0.15, 0.2) is 0 Å². The number of nitrogens with one attached hydrogen (secondary N) is 1. The summed E-state index contributed by atoms with van der Waals surface area (Å²) in [6, 6.07) is 10.6. The lowest BCUT2D eigenvalue weighted by molar-refractivity contribution is 0.424. The van der Waals surface area contributed by atoms with E-state index in [4.69, 9.17) is 5.26 Å². The predicted octanol–water partition coefficient (Wildman–Crippen LogP) is 3.58. The molecule has 0 spiro atoms. The molecule has 0 amide bonds. The van der Waals surface area contributed by atoms with Gasteiger partial charge in [-0.2, -0.15) is 5.26 Å². The molecular weight excluding hydrogens is 228 g/mol. The van der Waals surface area contributed by atoms with Gasteiger partial charge < -0.3 is 5.32 Å². The van der Waals surface area contributed by atoms with Gasteiger partial charge >= 0.3 is 0 Å². The topological polar surface area (TPSA) is 35.8 Å². The van der Waals surface area contributed by atoms with Crippen LogP contribution in [0.2, 0.25) is 0 Å². The van der Waals surface area contributed by atoms with E-state index in [0.717, 1.165) is 11.4 Å². The smallest absolute Gasteiger partial charge is 0.0935 e. The third kappa shape index (κ3) is 5.76. The Balaban J connectivity index is 2.63. The zero-order valence-electron chi connectivity index (χ0n) is 10.9. The van der Waals surface area contributed by atoms with Gasteiger partial charge in [0.25, 0.3) is 0 Å². The first-order chi connectivity index (χ1) is 7.90. The molecule has 1 atom stereocenters. The van der Waals surface area contributed by atoms with E-state index in [1.54, 1.807) is 11.8 Å². The molecule has 0 aliphatic heterocycles. The molecule has 3 heteroatoms. The minimum absolute atomic E-state index is 0.000764. The third-order valence-electron chi connectivity index (χ3n) is 2.22. The summed E-state index contributed by atoms with van der Waals surface area (Å²) in [5.41, 5.74) is 1.39. The number of hydrogen-bond acceptors (Lipinski definition) is 3. The van der Waals surface area contributed by atoms with Crippen LogP contribution in [0.4, 0.5) is 0 Å². The van der Waals surface area contributed by atoms with Crippen LogP contribution in [-0.2, 0) is 6.54 Å². The van der Waals surface area contributed by atoms with Crippen molar-refractivity contribution in [2.45, 2.75) is 49.9 Å². The summed E-state index contributed by atoms with van der Waals surface area (Å²) in [6.07, 6.45) is 0. The zero-order chi connectivity index (χ0) is 12.9. The van der Waals surface area contributed by atoms with Crippen LogP contribution < -0.4 is 5.32 Å². The van der Waals surface area contributed by atoms with Crippen LogP contribution in [0.5, 0.6) is 0 Å². The van der Waals surface area contributed by atoms with E-state index in [-0.39, 0.29) is 10.8 Å². The first kappa shape index (κ1) is 14.1. The molecule has 1 unspecified atom stereocenters. The Hall–Kier alpha value is -0.980. The summed E-state index contributed by atoms with van der Waals surface area (Å²) < 4.78 is 0.